The van der Waals surface area contributed by atoms with Gasteiger partial charge in [-0.05, 0) is 60.0 Å². The molecule has 1 aliphatic rings. The SMILES string of the molecule is COc1ccc(/C(O)=C2/C(=O)C(=O)N(c3ccc(C#N)cc3)C2c2ccco2)cc1C(C)(C)C. The van der Waals surface area contributed by atoms with Crippen LogP contribution in [0.15, 0.2) is 70.9 Å². The van der Waals surface area contributed by atoms with Crippen molar-refractivity contribution < 1.29 is 23.8 Å². The Hall–Kier alpha value is -4.31. The topological polar surface area (TPSA) is 104 Å². The van der Waals surface area contributed by atoms with E-state index in [-0.39, 0.29) is 16.7 Å². The van der Waals surface area contributed by atoms with Crippen LogP contribution < -0.4 is 9.64 Å². The molecule has 0 bridgehead atoms. The number of anilines is 1. The second kappa shape index (κ2) is 8.56. The van der Waals surface area contributed by atoms with Crippen molar-refractivity contribution in [2.24, 2.45) is 0 Å². The molecule has 7 nitrogen and oxygen atoms in total. The number of nitrogens with zero attached hydrogens (tertiary/aromatic N) is 2. The van der Waals surface area contributed by atoms with Gasteiger partial charge in [-0.2, -0.15) is 5.26 Å². The van der Waals surface area contributed by atoms with Crippen LogP contribution in [-0.2, 0) is 15.0 Å². The first-order valence-corrected chi connectivity index (χ1v) is 10.7. The van der Waals surface area contributed by atoms with Gasteiger partial charge < -0.3 is 14.3 Å². The van der Waals surface area contributed by atoms with E-state index in [1.54, 1.807) is 61.7 Å². The number of carbonyl (C=O) groups excluding carboxylic acids is 2. The Bertz CT molecular complexity index is 1320. The standard InChI is InChI=1S/C27H24N2O5/c1-27(2,3)19-14-17(9-12-20(19)33-4)24(30)22-23(21-6-5-13-34-21)29(26(32)25(22)31)18-10-7-16(15-28)8-11-18/h5-14,23,30H,1-4H3/b24-22-. The van der Waals surface area contributed by atoms with Crippen LogP contribution in [0.3, 0.4) is 0 Å². The van der Waals surface area contributed by atoms with Crippen molar-refractivity contribution in [1.29, 1.82) is 5.26 Å². The number of aliphatic hydroxyl groups excluding tert-OH is 1. The van der Waals surface area contributed by atoms with E-state index in [0.717, 1.165) is 5.56 Å². The maximum atomic E-state index is 13.2. The third-order valence-electron chi connectivity index (χ3n) is 5.81. The molecule has 1 amide bonds. The molecule has 0 radical (unpaired) electrons. The van der Waals surface area contributed by atoms with Crippen LogP contribution >= 0.6 is 0 Å². The van der Waals surface area contributed by atoms with E-state index in [0.29, 0.717) is 28.3 Å². The molecule has 1 aromatic heterocycles. The molecule has 1 N–H and O–H groups in total. The second-order valence-electron chi connectivity index (χ2n) is 9.01. The summed E-state index contributed by atoms with van der Waals surface area (Å²) in [6.07, 6.45) is 1.44. The van der Waals surface area contributed by atoms with Crippen molar-refractivity contribution in [2.45, 2.75) is 32.2 Å². The van der Waals surface area contributed by atoms with Gasteiger partial charge in [0.25, 0.3) is 11.7 Å². The summed E-state index contributed by atoms with van der Waals surface area (Å²) in [5, 5.41) is 20.4. The van der Waals surface area contributed by atoms with E-state index < -0.39 is 17.7 Å². The van der Waals surface area contributed by atoms with Gasteiger partial charge in [-0.1, -0.05) is 20.8 Å². The van der Waals surface area contributed by atoms with E-state index in [9.17, 15) is 14.7 Å². The van der Waals surface area contributed by atoms with Crippen LogP contribution in [-0.4, -0.2) is 23.9 Å². The minimum atomic E-state index is -0.969. The number of amides is 1. The Kier molecular flexibility index (Phi) is 5.76. The minimum Gasteiger partial charge on any atom is -0.507 e. The number of ether oxygens (including phenoxy) is 1. The van der Waals surface area contributed by atoms with Gasteiger partial charge in [0.1, 0.15) is 23.3 Å². The van der Waals surface area contributed by atoms with Crippen LogP contribution in [0.4, 0.5) is 5.69 Å². The van der Waals surface area contributed by atoms with E-state index in [1.165, 1.54) is 11.2 Å². The van der Waals surface area contributed by atoms with Gasteiger partial charge in [0.15, 0.2) is 0 Å². The van der Waals surface area contributed by atoms with Gasteiger partial charge in [-0.25, -0.2) is 0 Å². The molecule has 4 rings (SSSR count). The first kappa shape index (κ1) is 22.9. The van der Waals surface area contributed by atoms with Crippen LogP contribution in [0.1, 0.15) is 49.3 Å². The number of nitriles is 1. The zero-order valence-corrected chi connectivity index (χ0v) is 19.3. The molecule has 0 aliphatic carbocycles. The number of hydrogen-bond donors (Lipinski definition) is 1. The van der Waals surface area contributed by atoms with Crippen molar-refractivity contribution in [1.82, 2.24) is 0 Å². The highest BCUT2D eigenvalue weighted by molar-refractivity contribution is 6.51. The second-order valence-corrected chi connectivity index (χ2v) is 9.01. The number of methoxy groups -OCH3 is 1. The van der Waals surface area contributed by atoms with Gasteiger partial charge in [0, 0.05) is 16.8 Å². The average molecular weight is 456 g/mol. The molecule has 172 valence electrons. The molecule has 0 spiro atoms. The third kappa shape index (κ3) is 3.84. The predicted octanol–water partition coefficient (Wildman–Crippen LogP) is 5.08. The highest BCUT2D eigenvalue weighted by Crippen LogP contribution is 2.43. The largest absolute Gasteiger partial charge is 0.507 e. The highest BCUT2D eigenvalue weighted by atomic mass is 16.5. The fraction of sp³-hybridized carbons (Fsp3) is 0.222. The van der Waals surface area contributed by atoms with Crippen molar-refractivity contribution >= 4 is 23.1 Å². The van der Waals surface area contributed by atoms with Crippen LogP contribution in [0.5, 0.6) is 5.75 Å². The zero-order valence-electron chi connectivity index (χ0n) is 19.3. The molecule has 1 aliphatic heterocycles. The van der Waals surface area contributed by atoms with Gasteiger partial charge in [0.05, 0.1) is 30.6 Å². The zero-order chi connectivity index (χ0) is 24.6. The summed E-state index contributed by atoms with van der Waals surface area (Å²) in [6, 6.07) is 15.8. The van der Waals surface area contributed by atoms with E-state index in [4.69, 9.17) is 14.4 Å². The molecule has 2 heterocycles. The van der Waals surface area contributed by atoms with Crippen molar-refractivity contribution in [3.63, 3.8) is 0 Å². The number of furan rings is 1. The molecule has 2 aromatic carbocycles. The fourth-order valence-corrected chi connectivity index (χ4v) is 4.11. The maximum Gasteiger partial charge on any atom is 0.300 e. The predicted molar refractivity (Wildman–Crippen MR) is 126 cm³/mol. The molecular weight excluding hydrogens is 432 g/mol. The monoisotopic (exact) mass is 456 g/mol. The lowest BCUT2D eigenvalue weighted by Gasteiger charge is -2.24. The molecule has 3 aromatic rings. The lowest BCUT2D eigenvalue weighted by Crippen LogP contribution is -2.29. The highest BCUT2D eigenvalue weighted by Gasteiger charge is 2.48. The van der Waals surface area contributed by atoms with Gasteiger partial charge >= 0.3 is 0 Å². The summed E-state index contributed by atoms with van der Waals surface area (Å²) in [7, 11) is 1.57. The van der Waals surface area contributed by atoms with Crippen LogP contribution in [0.25, 0.3) is 5.76 Å². The van der Waals surface area contributed by atoms with Crippen molar-refractivity contribution in [3.8, 4) is 11.8 Å². The van der Waals surface area contributed by atoms with E-state index in [2.05, 4.69) is 0 Å². The van der Waals surface area contributed by atoms with Gasteiger partial charge in [-0.15, -0.1) is 0 Å². The minimum absolute atomic E-state index is 0.0747. The summed E-state index contributed by atoms with van der Waals surface area (Å²) >= 11 is 0. The Morgan fingerprint density at radius 3 is 2.38 bits per heavy atom. The summed E-state index contributed by atoms with van der Waals surface area (Å²) in [4.78, 5) is 27.6. The molecule has 0 saturated carbocycles. The molecule has 1 unspecified atom stereocenters. The lowest BCUT2D eigenvalue weighted by atomic mass is 9.84. The first-order valence-electron chi connectivity index (χ1n) is 10.7. The maximum absolute atomic E-state index is 13.2. The summed E-state index contributed by atoms with van der Waals surface area (Å²) in [5.74, 6) is -0.933. The molecule has 1 atom stereocenters. The number of rotatable bonds is 4. The van der Waals surface area contributed by atoms with Gasteiger partial charge in [-0.3, -0.25) is 14.5 Å². The number of carbonyl (C=O) groups is 2. The summed E-state index contributed by atoms with van der Waals surface area (Å²) in [6.45, 7) is 6.05. The van der Waals surface area contributed by atoms with E-state index in [1.807, 2.05) is 26.8 Å². The van der Waals surface area contributed by atoms with Crippen LogP contribution in [0.2, 0.25) is 0 Å². The number of Topliss-reactive ketones (excluding diaryl/α,β-unsaturated/α-hetero) is 1. The van der Waals surface area contributed by atoms with Gasteiger partial charge in [0.2, 0.25) is 0 Å². The van der Waals surface area contributed by atoms with Crippen LogP contribution in [0, 0.1) is 11.3 Å². The number of benzene rings is 2. The van der Waals surface area contributed by atoms with Crippen molar-refractivity contribution in [2.75, 3.05) is 12.0 Å². The Labute approximate surface area is 197 Å². The Morgan fingerprint density at radius 2 is 1.82 bits per heavy atom. The molecule has 1 fully saturated rings. The molecule has 1 saturated heterocycles. The quantitative estimate of drug-likeness (QED) is 0.333. The lowest BCUT2D eigenvalue weighted by molar-refractivity contribution is -0.132. The number of hydrogen-bond acceptors (Lipinski definition) is 6. The fourth-order valence-electron chi connectivity index (χ4n) is 4.11. The smallest absolute Gasteiger partial charge is 0.300 e. The summed E-state index contributed by atoms with van der Waals surface area (Å²) < 4.78 is 11.1. The Balaban J connectivity index is 1.91. The number of ketones is 1. The number of aliphatic hydroxyl groups is 1. The average Bonchev–Trinajstić information content (AvgIpc) is 3.44. The summed E-state index contributed by atoms with van der Waals surface area (Å²) in [5.41, 5.74) is 1.69. The Morgan fingerprint density at radius 1 is 1.12 bits per heavy atom. The molecule has 34 heavy (non-hydrogen) atoms. The first-order chi connectivity index (χ1) is 16.2. The normalized spacial score (nSPS) is 17.6. The third-order valence-corrected chi connectivity index (χ3v) is 5.81. The molecule has 7 heteroatoms. The van der Waals surface area contributed by atoms with E-state index >= 15 is 0 Å². The van der Waals surface area contributed by atoms with Crippen molar-refractivity contribution in [3.05, 3.63) is 88.9 Å². The molecular formula is C27H24N2O5.